The van der Waals surface area contributed by atoms with Crippen molar-refractivity contribution >= 4 is 22.4 Å². The van der Waals surface area contributed by atoms with Crippen molar-refractivity contribution < 1.29 is 4.42 Å². The normalized spacial score (nSPS) is 11.0. The van der Waals surface area contributed by atoms with Crippen LogP contribution in [0.2, 0.25) is 0 Å². The Balaban J connectivity index is 1.57. The number of fused-ring (bicyclic) bond motifs is 1. The fourth-order valence-electron chi connectivity index (χ4n) is 3.25. The lowest BCUT2D eigenvalue weighted by atomic mass is 10.1. The highest BCUT2D eigenvalue weighted by molar-refractivity contribution is 5.91. The van der Waals surface area contributed by atoms with E-state index >= 15 is 0 Å². The summed E-state index contributed by atoms with van der Waals surface area (Å²) in [5.74, 6) is 1.80. The van der Waals surface area contributed by atoms with Gasteiger partial charge in [-0.15, -0.1) is 10.2 Å². The van der Waals surface area contributed by atoms with Crippen LogP contribution in [0.5, 0.6) is 0 Å². The zero-order valence-corrected chi connectivity index (χ0v) is 16.6. The third-order valence-electron chi connectivity index (χ3n) is 4.80. The minimum atomic E-state index is 0.281. The Labute approximate surface area is 173 Å². The van der Waals surface area contributed by atoms with E-state index in [2.05, 4.69) is 39.6 Å². The first kappa shape index (κ1) is 18.0. The van der Waals surface area contributed by atoms with Crippen molar-refractivity contribution in [2.24, 2.45) is 0 Å². The average molecular weight is 393 g/mol. The average Bonchev–Trinajstić information content (AvgIpc) is 3.24. The molecule has 0 bridgehead atoms. The van der Waals surface area contributed by atoms with Gasteiger partial charge in [-0.3, -0.25) is 0 Å². The van der Waals surface area contributed by atoms with E-state index in [9.17, 15) is 0 Å². The Morgan fingerprint density at radius 2 is 1.53 bits per heavy atom. The summed E-state index contributed by atoms with van der Waals surface area (Å²) in [4.78, 5) is 9.34. The number of hydrogen-bond donors (Lipinski definition) is 1. The van der Waals surface area contributed by atoms with Crippen molar-refractivity contribution in [3.05, 3.63) is 83.9 Å². The van der Waals surface area contributed by atoms with Gasteiger partial charge < -0.3 is 9.73 Å². The Bertz CT molecular complexity index is 1340. The Morgan fingerprint density at radius 3 is 2.37 bits per heavy atom. The number of nitrogens with one attached hydrogen (secondary N) is 1. The molecule has 146 valence electrons. The first-order valence-electron chi connectivity index (χ1n) is 9.67. The largest absolute Gasteiger partial charge is 0.413 e. The van der Waals surface area contributed by atoms with Crippen LogP contribution in [0, 0.1) is 13.8 Å². The zero-order chi connectivity index (χ0) is 20.5. The molecule has 0 spiro atoms. The van der Waals surface area contributed by atoms with Crippen molar-refractivity contribution in [1.82, 2.24) is 20.2 Å². The van der Waals surface area contributed by atoms with Crippen LogP contribution in [0.4, 0.5) is 11.5 Å². The summed E-state index contributed by atoms with van der Waals surface area (Å²) in [5, 5.41) is 12.7. The molecule has 0 radical (unpaired) electrons. The third kappa shape index (κ3) is 3.51. The molecule has 2 heterocycles. The lowest BCUT2D eigenvalue weighted by Gasteiger charge is -2.10. The number of para-hydroxylation sites is 1. The minimum absolute atomic E-state index is 0.281. The number of aromatic nitrogens is 4. The van der Waals surface area contributed by atoms with Gasteiger partial charge in [0.25, 0.3) is 5.89 Å². The molecule has 6 nitrogen and oxygen atoms in total. The Hall–Kier alpha value is -4.06. The van der Waals surface area contributed by atoms with Crippen LogP contribution in [0.3, 0.4) is 0 Å². The van der Waals surface area contributed by atoms with E-state index in [0.29, 0.717) is 17.5 Å². The SMILES string of the molecule is Cc1ccc(-c2nnc(-c3nc(Nc4cccc(C)c4)c4ccccc4n3)o2)cc1. The highest BCUT2D eigenvalue weighted by Crippen LogP contribution is 2.28. The second-order valence-corrected chi connectivity index (χ2v) is 7.19. The van der Waals surface area contributed by atoms with Gasteiger partial charge in [0.15, 0.2) is 0 Å². The maximum atomic E-state index is 5.89. The van der Waals surface area contributed by atoms with Crippen molar-refractivity contribution in [3.8, 4) is 23.2 Å². The first-order chi connectivity index (χ1) is 14.7. The standard InChI is InChI=1S/C24H19N5O/c1-15-10-12-17(13-11-15)23-28-29-24(30-23)22-26-20-9-4-3-8-19(20)21(27-22)25-18-7-5-6-16(2)14-18/h3-14H,1-2H3,(H,25,26,27). The van der Waals surface area contributed by atoms with Crippen LogP contribution in [0.1, 0.15) is 11.1 Å². The molecular weight excluding hydrogens is 374 g/mol. The fraction of sp³-hybridized carbons (Fsp3) is 0.0833. The smallest absolute Gasteiger partial charge is 0.286 e. The molecule has 5 aromatic rings. The quantitative estimate of drug-likeness (QED) is 0.422. The molecule has 30 heavy (non-hydrogen) atoms. The minimum Gasteiger partial charge on any atom is -0.413 e. The van der Waals surface area contributed by atoms with Crippen LogP contribution in [-0.4, -0.2) is 20.2 Å². The van der Waals surface area contributed by atoms with Crippen LogP contribution in [0.15, 0.2) is 77.2 Å². The fourth-order valence-corrected chi connectivity index (χ4v) is 3.25. The summed E-state index contributed by atoms with van der Waals surface area (Å²) in [7, 11) is 0. The second kappa shape index (κ2) is 7.40. The van der Waals surface area contributed by atoms with Gasteiger partial charge in [0.05, 0.1) is 5.52 Å². The molecule has 0 fully saturated rings. The van der Waals surface area contributed by atoms with Crippen molar-refractivity contribution in [2.45, 2.75) is 13.8 Å². The number of rotatable bonds is 4. The maximum absolute atomic E-state index is 5.89. The number of hydrogen-bond acceptors (Lipinski definition) is 6. The number of benzene rings is 3. The van der Waals surface area contributed by atoms with Crippen molar-refractivity contribution in [2.75, 3.05) is 5.32 Å². The predicted molar refractivity (Wildman–Crippen MR) is 117 cm³/mol. The molecule has 0 aliphatic rings. The molecule has 0 saturated carbocycles. The molecule has 0 amide bonds. The van der Waals surface area contributed by atoms with E-state index in [1.165, 1.54) is 11.1 Å². The molecule has 2 aromatic heterocycles. The molecule has 0 saturated heterocycles. The molecule has 6 heteroatoms. The molecule has 0 aliphatic carbocycles. The summed E-state index contributed by atoms with van der Waals surface area (Å²) < 4.78 is 5.89. The van der Waals surface area contributed by atoms with E-state index in [1.54, 1.807) is 0 Å². The van der Waals surface area contributed by atoms with Crippen LogP contribution in [0.25, 0.3) is 34.1 Å². The summed E-state index contributed by atoms with van der Waals surface area (Å²) in [6, 6.07) is 23.9. The maximum Gasteiger partial charge on any atom is 0.286 e. The van der Waals surface area contributed by atoms with Gasteiger partial charge in [0.1, 0.15) is 5.82 Å². The lowest BCUT2D eigenvalue weighted by molar-refractivity contribution is 0.579. The van der Waals surface area contributed by atoms with Gasteiger partial charge in [-0.2, -0.15) is 0 Å². The van der Waals surface area contributed by atoms with E-state index in [-0.39, 0.29) is 5.89 Å². The van der Waals surface area contributed by atoms with Crippen LogP contribution in [-0.2, 0) is 0 Å². The monoisotopic (exact) mass is 393 g/mol. The number of anilines is 2. The Kier molecular flexibility index (Phi) is 4.44. The first-order valence-corrected chi connectivity index (χ1v) is 9.67. The van der Waals surface area contributed by atoms with Gasteiger partial charge in [-0.25, -0.2) is 9.97 Å². The molecule has 0 atom stereocenters. The van der Waals surface area contributed by atoms with E-state index in [1.807, 2.05) is 67.6 Å². The van der Waals surface area contributed by atoms with E-state index in [4.69, 9.17) is 9.40 Å². The van der Waals surface area contributed by atoms with Crippen molar-refractivity contribution in [1.29, 1.82) is 0 Å². The van der Waals surface area contributed by atoms with Gasteiger partial charge >= 0.3 is 0 Å². The van der Waals surface area contributed by atoms with Gasteiger partial charge in [0.2, 0.25) is 11.7 Å². The molecule has 3 aromatic carbocycles. The summed E-state index contributed by atoms with van der Waals surface area (Å²) in [6.45, 7) is 4.09. The van der Waals surface area contributed by atoms with Crippen LogP contribution >= 0.6 is 0 Å². The van der Waals surface area contributed by atoms with Crippen LogP contribution < -0.4 is 5.32 Å². The van der Waals surface area contributed by atoms with E-state index in [0.717, 1.165) is 22.2 Å². The molecular formula is C24H19N5O. The highest BCUT2D eigenvalue weighted by atomic mass is 16.4. The van der Waals surface area contributed by atoms with Crippen molar-refractivity contribution in [3.63, 3.8) is 0 Å². The number of nitrogens with zero attached hydrogens (tertiary/aromatic N) is 4. The highest BCUT2D eigenvalue weighted by Gasteiger charge is 2.16. The van der Waals surface area contributed by atoms with Gasteiger partial charge in [0, 0.05) is 16.6 Å². The number of aryl methyl sites for hydroxylation is 2. The zero-order valence-electron chi connectivity index (χ0n) is 16.6. The molecule has 0 unspecified atom stereocenters. The molecule has 1 N–H and O–H groups in total. The molecule has 0 aliphatic heterocycles. The van der Waals surface area contributed by atoms with Gasteiger partial charge in [-0.1, -0.05) is 42.0 Å². The third-order valence-corrected chi connectivity index (χ3v) is 4.80. The Morgan fingerprint density at radius 1 is 0.733 bits per heavy atom. The topological polar surface area (TPSA) is 76.7 Å². The van der Waals surface area contributed by atoms with E-state index < -0.39 is 0 Å². The van der Waals surface area contributed by atoms with Gasteiger partial charge in [-0.05, 0) is 55.8 Å². The second-order valence-electron chi connectivity index (χ2n) is 7.19. The molecule has 5 rings (SSSR count). The summed E-state index contributed by atoms with van der Waals surface area (Å²) in [5.41, 5.74) is 4.95. The summed E-state index contributed by atoms with van der Waals surface area (Å²) in [6.07, 6.45) is 0. The predicted octanol–water partition coefficient (Wildman–Crippen LogP) is 5.71. The summed E-state index contributed by atoms with van der Waals surface area (Å²) >= 11 is 0. The lowest BCUT2D eigenvalue weighted by Crippen LogP contribution is -1.99.